The summed E-state index contributed by atoms with van der Waals surface area (Å²) < 4.78 is 20.6. The number of halogens is 1. The van der Waals surface area contributed by atoms with Gasteiger partial charge in [0.25, 0.3) is 11.5 Å². The number of nitrogens with one attached hydrogen (secondary N) is 1. The third-order valence-electron chi connectivity index (χ3n) is 4.88. The Labute approximate surface area is 179 Å². The second-order valence-corrected chi connectivity index (χ2v) is 7.44. The number of aryl methyl sites for hydroxylation is 2. The number of carbonyl (C=O) groups is 1. The maximum absolute atomic E-state index is 13.8. The van der Waals surface area contributed by atoms with Crippen LogP contribution < -0.4 is 15.6 Å². The number of hydrogen-bond donors (Lipinski definition) is 2. The molecule has 2 aromatic carbocycles. The summed E-state index contributed by atoms with van der Waals surface area (Å²) in [6.45, 7) is 4.43. The Morgan fingerprint density at radius 1 is 1.10 bits per heavy atom. The van der Waals surface area contributed by atoms with Crippen LogP contribution in [0.3, 0.4) is 0 Å². The highest BCUT2D eigenvalue weighted by molar-refractivity contribution is 5.97. The Bertz CT molecular complexity index is 1130. The summed E-state index contributed by atoms with van der Waals surface area (Å²) in [4.78, 5) is 25.0. The molecule has 0 aliphatic rings. The number of nitrogens with zero attached hydrogens (tertiary/aromatic N) is 1. The van der Waals surface area contributed by atoms with Crippen molar-refractivity contribution in [3.8, 4) is 22.8 Å². The zero-order chi connectivity index (χ0) is 22.5. The Balaban J connectivity index is 1.69. The SMILES string of the molecule is Cc1ccc(OCCCNC(=O)c2cc(-c3cc(C)cc(F)c3)n(C)c(=O)c2O)cc1. The van der Waals surface area contributed by atoms with Crippen LogP contribution in [-0.4, -0.2) is 28.7 Å². The van der Waals surface area contributed by atoms with Gasteiger partial charge in [-0.15, -0.1) is 0 Å². The van der Waals surface area contributed by atoms with Gasteiger partial charge in [-0.25, -0.2) is 4.39 Å². The molecule has 0 bridgehead atoms. The van der Waals surface area contributed by atoms with Gasteiger partial charge in [-0.2, -0.15) is 0 Å². The first-order valence-corrected chi connectivity index (χ1v) is 9.94. The Morgan fingerprint density at radius 3 is 2.48 bits per heavy atom. The third kappa shape index (κ3) is 5.31. The number of carbonyl (C=O) groups excluding carboxylic acids is 1. The highest BCUT2D eigenvalue weighted by Crippen LogP contribution is 2.24. The molecule has 2 N–H and O–H groups in total. The van der Waals surface area contributed by atoms with Crippen molar-refractivity contribution in [2.45, 2.75) is 20.3 Å². The number of amides is 1. The fourth-order valence-electron chi connectivity index (χ4n) is 3.21. The molecule has 0 spiro atoms. The quantitative estimate of drug-likeness (QED) is 0.567. The van der Waals surface area contributed by atoms with Gasteiger partial charge in [-0.3, -0.25) is 9.59 Å². The molecule has 1 heterocycles. The number of rotatable bonds is 7. The van der Waals surface area contributed by atoms with E-state index < -0.39 is 23.0 Å². The number of ether oxygens (including phenoxy) is 1. The first-order chi connectivity index (χ1) is 14.8. The average molecular weight is 424 g/mol. The first-order valence-electron chi connectivity index (χ1n) is 9.94. The molecule has 1 amide bonds. The van der Waals surface area contributed by atoms with Crippen LogP contribution in [0, 0.1) is 19.7 Å². The van der Waals surface area contributed by atoms with Crippen LogP contribution in [0.5, 0.6) is 11.5 Å². The van der Waals surface area contributed by atoms with E-state index in [1.165, 1.54) is 29.8 Å². The van der Waals surface area contributed by atoms with Crippen LogP contribution in [0.25, 0.3) is 11.3 Å². The Kier molecular flexibility index (Phi) is 6.74. The lowest BCUT2D eigenvalue weighted by Crippen LogP contribution is -2.29. The smallest absolute Gasteiger partial charge is 0.293 e. The van der Waals surface area contributed by atoms with Crippen LogP contribution in [-0.2, 0) is 7.05 Å². The predicted octanol–water partition coefficient (Wildman–Crippen LogP) is 3.71. The lowest BCUT2D eigenvalue weighted by atomic mass is 10.0. The van der Waals surface area contributed by atoms with Crippen molar-refractivity contribution in [3.05, 3.63) is 81.4 Å². The van der Waals surface area contributed by atoms with E-state index in [-0.39, 0.29) is 5.56 Å². The molecule has 7 heteroatoms. The van der Waals surface area contributed by atoms with Gasteiger partial charge < -0.3 is 19.7 Å². The molecule has 0 unspecified atom stereocenters. The van der Waals surface area contributed by atoms with Crippen LogP contribution >= 0.6 is 0 Å². The summed E-state index contributed by atoms with van der Waals surface area (Å²) in [6, 6.07) is 13.4. The second kappa shape index (κ2) is 9.47. The van der Waals surface area contributed by atoms with Gasteiger partial charge in [0.15, 0.2) is 5.75 Å². The maximum Gasteiger partial charge on any atom is 0.293 e. The summed E-state index contributed by atoms with van der Waals surface area (Å²) in [7, 11) is 1.46. The number of aromatic hydroxyl groups is 1. The van der Waals surface area contributed by atoms with E-state index >= 15 is 0 Å². The fourth-order valence-corrected chi connectivity index (χ4v) is 3.21. The zero-order valence-corrected chi connectivity index (χ0v) is 17.7. The van der Waals surface area contributed by atoms with Crippen LogP contribution in [0.1, 0.15) is 27.9 Å². The van der Waals surface area contributed by atoms with E-state index in [0.717, 1.165) is 11.3 Å². The minimum Gasteiger partial charge on any atom is -0.502 e. The highest BCUT2D eigenvalue weighted by atomic mass is 19.1. The molecule has 1 aromatic heterocycles. The van der Waals surface area contributed by atoms with E-state index in [1.54, 1.807) is 13.0 Å². The van der Waals surface area contributed by atoms with Gasteiger partial charge in [0.1, 0.15) is 11.6 Å². The van der Waals surface area contributed by atoms with Crippen molar-refractivity contribution in [2.24, 2.45) is 7.05 Å². The summed E-state index contributed by atoms with van der Waals surface area (Å²) in [5, 5.41) is 12.9. The molecule has 0 atom stereocenters. The van der Waals surface area contributed by atoms with Gasteiger partial charge in [0, 0.05) is 19.2 Å². The van der Waals surface area contributed by atoms with E-state index in [1.807, 2.05) is 31.2 Å². The van der Waals surface area contributed by atoms with Crippen LogP contribution in [0.15, 0.2) is 53.3 Å². The monoisotopic (exact) mass is 424 g/mol. The van der Waals surface area contributed by atoms with E-state index in [9.17, 15) is 19.1 Å². The largest absolute Gasteiger partial charge is 0.502 e. The molecule has 3 rings (SSSR count). The molecule has 31 heavy (non-hydrogen) atoms. The minimum atomic E-state index is -0.729. The molecule has 3 aromatic rings. The summed E-state index contributed by atoms with van der Waals surface area (Å²) in [5.74, 6) is -0.932. The van der Waals surface area contributed by atoms with E-state index in [0.29, 0.717) is 36.4 Å². The predicted molar refractivity (Wildman–Crippen MR) is 117 cm³/mol. The van der Waals surface area contributed by atoms with Crippen molar-refractivity contribution in [3.63, 3.8) is 0 Å². The second-order valence-electron chi connectivity index (χ2n) is 7.44. The van der Waals surface area contributed by atoms with Crippen LogP contribution in [0.4, 0.5) is 4.39 Å². The Hall–Kier alpha value is -3.61. The molecule has 162 valence electrons. The van der Waals surface area contributed by atoms with Gasteiger partial charge in [-0.05, 0) is 62.2 Å². The van der Waals surface area contributed by atoms with Crippen molar-refractivity contribution >= 4 is 5.91 Å². The minimum absolute atomic E-state index is 0.153. The van der Waals surface area contributed by atoms with Gasteiger partial charge in [0.05, 0.1) is 17.9 Å². The lowest BCUT2D eigenvalue weighted by Gasteiger charge is -2.14. The number of hydrogen-bond acceptors (Lipinski definition) is 4. The van der Waals surface area contributed by atoms with Crippen molar-refractivity contribution in [1.82, 2.24) is 9.88 Å². The zero-order valence-electron chi connectivity index (χ0n) is 17.7. The molecule has 0 aliphatic heterocycles. The molecular weight excluding hydrogens is 399 g/mol. The molecule has 0 radical (unpaired) electrons. The number of pyridine rings is 1. The topological polar surface area (TPSA) is 80.6 Å². The summed E-state index contributed by atoms with van der Waals surface area (Å²) in [5.41, 5.74) is 1.71. The van der Waals surface area contributed by atoms with Gasteiger partial charge in [-0.1, -0.05) is 17.7 Å². The van der Waals surface area contributed by atoms with Gasteiger partial charge >= 0.3 is 0 Å². The van der Waals surface area contributed by atoms with E-state index in [2.05, 4.69) is 5.32 Å². The maximum atomic E-state index is 13.8. The molecule has 0 saturated heterocycles. The summed E-state index contributed by atoms with van der Waals surface area (Å²) >= 11 is 0. The lowest BCUT2D eigenvalue weighted by molar-refractivity contribution is 0.0948. The Morgan fingerprint density at radius 2 is 1.81 bits per heavy atom. The molecule has 0 fully saturated rings. The normalized spacial score (nSPS) is 10.7. The van der Waals surface area contributed by atoms with Gasteiger partial charge in [0.2, 0.25) is 0 Å². The van der Waals surface area contributed by atoms with Crippen LogP contribution in [0.2, 0.25) is 0 Å². The molecular formula is C24H25FN2O4. The molecule has 6 nitrogen and oxygen atoms in total. The summed E-state index contributed by atoms with van der Waals surface area (Å²) in [6.07, 6.45) is 0.543. The number of benzene rings is 2. The molecule has 0 saturated carbocycles. The van der Waals surface area contributed by atoms with Crippen molar-refractivity contribution in [1.29, 1.82) is 0 Å². The van der Waals surface area contributed by atoms with Crippen molar-refractivity contribution in [2.75, 3.05) is 13.2 Å². The van der Waals surface area contributed by atoms with E-state index in [4.69, 9.17) is 4.74 Å². The number of aromatic nitrogens is 1. The standard InChI is InChI=1S/C24H25FN2O4/c1-15-5-7-19(8-6-15)31-10-4-9-26-23(29)20-14-21(27(3)24(30)22(20)28)17-11-16(2)12-18(25)13-17/h5-8,11-14,28H,4,9-10H2,1-3H3,(H,26,29). The highest BCUT2D eigenvalue weighted by Gasteiger charge is 2.19. The first kappa shape index (κ1) is 22.1. The molecule has 0 aliphatic carbocycles. The third-order valence-corrected chi connectivity index (χ3v) is 4.88. The average Bonchev–Trinajstić information content (AvgIpc) is 2.72. The van der Waals surface area contributed by atoms with Crippen molar-refractivity contribution < 1.29 is 19.0 Å². The fraction of sp³-hybridized carbons (Fsp3) is 0.250.